The van der Waals surface area contributed by atoms with Gasteiger partial charge in [0.05, 0.1) is 6.10 Å². The number of aliphatic hydroxyl groups excluding tert-OH is 1. The summed E-state index contributed by atoms with van der Waals surface area (Å²) in [5, 5.41) is 13.6. The van der Waals surface area contributed by atoms with Gasteiger partial charge in [0.1, 0.15) is 0 Å². The van der Waals surface area contributed by atoms with E-state index in [1.165, 1.54) is 5.56 Å². The van der Waals surface area contributed by atoms with Gasteiger partial charge in [0.2, 0.25) is 0 Å². The van der Waals surface area contributed by atoms with Gasteiger partial charge in [-0.15, -0.1) is 0 Å². The third-order valence-electron chi connectivity index (χ3n) is 5.30. The number of hydrogen-bond acceptors (Lipinski definition) is 4. The Morgan fingerprint density at radius 1 is 1.30 bits per heavy atom. The number of aliphatic hydroxyl groups is 1. The van der Waals surface area contributed by atoms with Gasteiger partial charge < -0.3 is 20.2 Å². The molecule has 0 aliphatic carbocycles. The van der Waals surface area contributed by atoms with Crippen LogP contribution in [-0.4, -0.2) is 73.4 Å². The lowest BCUT2D eigenvalue weighted by Crippen LogP contribution is -2.50. The van der Waals surface area contributed by atoms with E-state index in [0.29, 0.717) is 12.0 Å². The smallest absolute Gasteiger partial charge is 0.0567 e. The molecule has 0 saturated carbocycles. The van der Waals surface area contributed by atoms with Gasteiger partial charge in [0, 0.05) is 55.7 Å². The molecule has 2 aliphatic heterocycles. The molecule has 2 saturated heterocycles. The molecule has 2 aliphatic rings. The second kappa shape index (κ2) is 8.08. The summed E-state index contributed by atoms with van der Waals surface area (Å²) in [5.74, 6) is 0.436. The van der Waals surface area contributed by atoms with E-state index in [1.807, 2.05) is 0 Å². The molecule has 2 heterocycles. The fraction of sp³-hybridized carbons (Fsp3) is 0.667. The van der Waals surface area contributed by atoms with Gasteiger partial charge in [-0.2, -0.15) is 0 Å². The third kappa shape index (κ3) is 4.54. The zero-order chi connectivity index (χ0) is 16.2. The first-order valence-corrected chi connectivity index (χ1v) is 9.49. The van der Waals surface area contributed by atoms with Crippen LogP contribution in [-0.2, 0) is 0 Å². The van der Waals surface area contributed by atoms with E-state index in [1.54, 1.807) is 0 Å². The molecule has 2 N–H and O–H groups in total. The summed E-state index contributed by atoms with van der Waals surface area (Å²) < 4.78 is 1.14. The Labute approximate surface area is 148 Å². The minimum Gasteiger partial charge on any atom is -0.393 e. The molecule has 3 atom stereocenters. The molecule has 0 spiro atoms. The molecule has 128 valence electrons. The van der Waals surface area contributed by atoms with E-state index in [4.69, 9.17) is 0 Å². The zero-order valence-corrected chi connectivity index (χ0v) is 15.5. The summed E-state index contributed by atoms with van der Waals surface area (Å²) in [7, 11) is 2.21. The quantitative estimate of drug-likeness (QED) is 0.835. The molecule has 0 amide bonds. The lowest BCUT2D eigenvalue weighted by atomic mass is 9.84. The lowest BCUT2D eigenvalue weighted by molar-refractivity contribution is 0.0376. The number of rotatable bonds is 4. The van der Waals surface area contributed by atoms with Gasteiger partial charge in [-0.05, 0) is 37.6 Å². The fourth-order valence-electron chi connectivity index (χ4n) is 3.92. The number of likely N-dealkylation sites (tertiary alicyclic amines) is 1. The maximum absolute atomic E-state index is 10.2. The molecule has 0 aromatic heterocycles. The highest BCUT2D eigenvalue weighted by atomic mass is 79.9. The van der Waals surface area contributed by atoms with Crippen molar-refractivity contribution in [2.75, 3.05) is 46.3 Å². The molecule has 5 heteroatoms. The predicted molar refractivity (Wildman–Crippen MR) is 97.9 cm³/mol. The Balaban J connectivity index is 1.82. The average molecular weight is 382 g/mol. The summed E-state index contributed by atoms with van der Waals surface area (Å²) in [6.45, 7) is 6.44. The molecule has 1 aromatic carbocycles. The van der Waals surface area contributed by atoms with Crippen molar-refractivity contribution in [3.8, 4) is 0 Å². The van der Waals surface area contributed by atoms with E-state index in [2.05, 4.69) is 62.4 Å². The zero-order valence-electron chi connectivity index (χ0n) is 13.9. The first-order valence-electron chi connectivity index (χ1n) is 8.70. The molecule has 0 bridgehead atoms. The minimum absolute atomic E-state index is 0.158. The fourth-order valence-corrected chi connectivity index (χ4v) is 4.34. The molecule has 3 rings (SSSR count). The minimum atomic E-state index is -0.158. The van der Waals surface area contributed by atoms with Crippen molar-refractivity contribution < 1.29 is 5.11 Å². The maximum atomic E-state index is 10.2. The van der Waals surface area contributed by atoms with Crippen molar-refractivity contribution in [2.24, 2.45) is 0 Å². The van der Waals surface area contributed by atoms with E-state index in [0.717, 1.165) is 56.6 Å². The van der Waals surface area contributed by atoms with Crippen LogP contribution in [0.2, 0.25) is 0 Å². The summed E-state index contributed by atoms with van der Waals surface area (Å²) in [6, 6.07) is 9.12. The second-order valence-electron chi connectivity index (χ2n) is 6.94. The Kier molecular flexibility index (Phi) is 6.10. The largest absolute Gasteiger partial charge is 0.393 e. The summed E-state index contributed by atoms with van der Waals surface area (Å²) >= 11 is 3.62. The topological polar surface area (TPSA) is 38.7 Å². The number of piperidine rings is 1. The van der Waals surface area contributed by atoms with E-state index in [9.17, 15) is 5.11 Å². The summed E-state index contributed by atoms with van der Waals surface area (Å²) in [6.07, 6.45) is 1.61. The number of nitrogens with one attached hydrogen (secondary N) is 1. The molecule has 4 nitrogen and oxygen atoms in total. The van der Waals surface area contributed by atoms with E-state index >= 15 is 0 Å². The molecule has 0 radical (unpaired) electrons. The molecule has 3 unspecified atom stereocenters. The molecule has 1 aromatic rings. The van der Waals surface area contributed by atoms with Crippen molar-refractivity contribution in [2.45, 2.75) is 30.9 Å². The van der Waals surface area contributed by atoms with Gasteiger partial charge in [0.25, 0.3) is 0 Å². The van der Waals surface area contributed by atoms with Crippen LogP contribution in [0.1, 0.15) is 24.3 Å². The first-order chi connectivity index (χ1) is 11.1. The van der Waals surface area contributed by atoms with E-state index < -0.39 is 0 Å². The van der Waals surface area contributed by atoms with Crippen LogP contribution >= 0.6 is 15.9 Å². The number of halogens is 1. The van der Waals surface area contributed by atoms with Crippen LogP contribution < -0.4 is 5.32 Å². The lowest BCUT2D eigenvalue weighted by Gasteiger charge is -2.42. The van der Waals surface area contributed by atoms with Crippen LogP contribution in [0.3, 0.4) is 0 Å². The van der Waals surface area contributed by atoms with Crippen LogP contribution in [0, 0.1) is 0 Å². The summed E-state index contributed by atoms with van der Waals surface area (Å²) in [4.78, 5) is 5.01. The van der Waals surface area contributed by atoms with Crippen LogP contribution in [0.4, 0.5) is 0 Å². The van der Waals surface area contributed by atoms with Crippen LogP contribution in [0.5, 0.6) is 0 Å². The third-order valence-corrected chi connectivity index (χ3v) is 5.79. The van der Waals surface area contributed by atoms with Crippen molar-refractivity contribution in [1.29, 1.82) is 0 Å². The number of hydrogen-bond donors (Lipinski definition) is 2. The predicted octanol–water partition coefficient (Wildman–Crippen LogP) is 1.89. The van der Waals surface area contributed by atoms with Crippen LogP contribution in [0.15, 0.2) is 28.7 Å². The van der Waals surface area contributed by atoms with Crippen molar-refractivity contribution >= 4 is 15.9 Å². The average Bonchev–Trinajstić information content (AvgIpc) is 2.56. The molecular formula is C18H28BrN3O. The Bertz CT molecular complexity index is 507. The number of nitrogens with zero attached hydrogens (tertiary/aromatic N) is 2. The standard InChI is InChI=1S/C18H28BrN3O/c1-21-8-5-16(23)12-18(21)17(13-22-9-6-20-7-10-22)14-3-2-4-15(19)11-14/h2-4,11,16-18,20,23H,5-10,12-13H2,1H3. The number of benzene rings is 1. The van der Waals surface area contributed by atoms with Gasteiger partial charge in [-0.25, -0.2) is 0 Å². The summed E-state index contributed by atoms with van der Waals surface area (Å²) in [5.41, 5.74) is 1.38. The van der Waals surface area contributed by atoms with Crippen molar-refractivity contribution in [3.05, 3.63) is 34.3 Å². The Morgan fingerprint density at radius 2 is 2.09 bits per heavy atom. The highest BCUT2D eigenvalue weighted by Crippen LogP contribution is 2.32. The van der Waals surface area contributed by atoms with Crippen molar-refractivity contribution in [3.63, 3.8) is 0 Å². The second-order valence-corrected chi connectivity index (χ2v) is 7.85. The van der Waals surface area contributed by atoms with Gasteiger partial charge in [-0.3, -0.25) is 0 Å². The Hall–Kier alpha value is -0.460. The maximum Gasteiger partial charge on any atom is 0.0567 e. The first kappa shape index (κ1) is 17.4. The monoisotopic (exact) mass is 381 g/mol. The van der Waals surface area contributed by atoms with Crippen molar-refractivity contribution in [1.82, 2.24) is 15.1 Å². The molecule has 23 heavy (non-hydrogen) atoms. The number of likely N-dealkylation sites (N-methyl/N-ethyl adjacent to an activating group) is 1. The van der Waals surface area contributed by atoms with Gasteiger partial charge in [0.15, 0.2) is 0 Å². The number of piperazine rings is 1. The normalized spacial score (nSPS) is 28.7. The SMILES string of the molecule is CN1CCC(O)CC1C(CN1CCNCC1)c1cccc(Br)c1. The van der Waals surface area contributed by atoms with Gasteiger partial charge in [-0.1, -0.05) is 28.1 Å². The Morgan fingerprint density at radius 3 is 2.83 bits per heavy atom. The molecule has 2 fully saturated rings. The highest BCUT2D eigenvalue weighted by Gasteiger charge is 2.33. The van der Waals surface area contributed by atoms with Gasteiger partial charge >= 0.3 is 0 Å². The van der Waals surface area contributed by atoms with Crippen LogP contribution in [0.25, 0.3) is 0 Å². The van der Waals surface area contributed by atoms with E-state index in [-0.39, 0.29) is 6.10 Å². The molecular weight excluding hydrogens is 354 g/mol. The highest BCUT2D eigenvalue weighted by molar-refractivity contribution is 9.10.